The predicted molar refractivity (Wildman–Crippen MR) is 125 cm³/mol. The highest BCUT2D eigenvalue weighted by Crippen LogP contribution is 2.32. The van der Waals surface area contributed by atoms with E-state index in [1.54, 1.807) is 17.4 Å². The molecule has 0 saturated carbocycles. The molecule has 0 aliphatic carbocycles. The summed E-state index contributed by atoms with van der Waals surface area (Å²) in [5, 5.41) is 0.767. The monoisotopic (exact) mass is 407 g/mol. The Kier molecular flexibility index (Phi) is 7.18. The van der Waals surface area contributed by atoms with Crippen molar-refractivity contribution in [2.24, 2.45) is 0 Å². The zero-order chi connectivity index (χ0) is 20.8. The molecule has 1 heterocycles. The first-order chi connectivity index (χ1) is 14.0. The number of benzene rings is 2. The van der Waals surface area contributed by atoms with Crippen molar-refractivity contribution < 1.29 is 4.79 Å². The minimum Gasteiger partial charge on any atom is -0.302 e. The Balaban J connectivity index is 1.91. The number of aromatic nitrogens is 1. The average molecular weight is 408 g/mol. The van der Waals surface area contributed by atoms with Crippen molar-refractivity contribution in [3.63, 3.8) is 0 Å². The molecule has 0 radical (unpaired) electrons. The van der Waals surface area contributed by atoms with E-state index in [4.69, 9.17) is 4.98 Å². The fourth-order valence-electron chi connectivity index (χ4n) is 3.38. The number of fused-ring (bicyclic) bond motifs is 1. The van der Waals surface area contributed by atoms with Gasteiger partial charge in [-0.2, -0.15) is 0 Å². The van der Waals surface area contributed by atoms with E-state index in [1.165, 1.54) is 5.56 Å². The average Bonchev–Trinajstić information content (AvgIpc) is 3.14. The molecular formula is C24H29N3OS. The molecule has 3 aromatic rings. The van der Waals surface area contributed by atoms with Crippen molar-refractivity contribution in [1.29, 1.82) is 0 Å². The number of likely N-dealkylation sites (N-methyl/N-ethyl adjacent to an activating group) is 1. The van der Waals surface area contributed by atoms with E-state index in [2.05, 4.69) is 44.7 Å². The van der Waals surface area contributed by atoms with Crippen molar-refractivity contribution in [3.8, 4) is 0 Å². The number of anilines is 1. The Morgan fingerprint density at radius 1 is 1.07 bits per heavy atom. The molecule has 0 aliphatic rings. The molecule has 0 saturated heterocycles. The molecule has 5 heteroatoms. The predicted octanol–water partition coefficient (Wildman–Crippen LogP) is 5.30. The van der Waals surface area contributed by atoms with Crippen LogP contribution in [0.25, 0.3) is 16.3 Å². The van der Waals surface area contributed by atoms with E-state index < -0.39 is 0 Å². The summed E-state index contributed by atoms with van der Waals surface area (Å²) in [6, 6.07) is 14.2. The SMILES string of the molecule is CCN(CC)CCN(C(=O)/C=C/c1ccccc1)c1nc2c(C)cc(C)cc2s1. The molecule has 0 atom stereocenters. The summed E-state index contributed by atoms with van der Waals surface area (Å²) in [6.07, 6.45) is 3.53. The zero-order valence-corrected chi connectivity index (χ0v) is 18.5. The molecule has 152 valence electrons. The third kappa shape index (κ3) is 5.31. The maximum Gasteiger partial charge on any atom is 0.252 e. The van der Waals surface area contributed by atoms with Crippen LogP contribution >= 0.6 is 11.3 Å². The lowest BCUT2D eigenvalue weighted by Crippen LogP contribution is -2.38. The van der Waals surface area contributed by atoms with Gasteiger partial charge in [-0.1, -0.05) is 61.6 Å². The van der Waals surface area contributed by atoms with Crippen LogP contribution in [0, 0.1) is 13.8 Å². The van der Waals surface area contributed by atoms with Gasteiger partial charge >= 0.3 is 0 Å². The first kappa shape index (κ1) is 21.2. The van der Waals surface area contributed by atoms with E-state index in [9.17, 15) is 4.79 Å². The van der Waals surface area contributed by atoms with Crippen molar-refractivity contribution in [1.82, 2.24) is 9.88 Å². The molecule has 0 aliphatic heterocycles. The third-order valence-electron chi connectivity index (χ3n) is 5.07. The van der Waals surface area contributed by atoms with Crippen molar-refractivity contribution in [3.05, 3.63) is 65.2 Å². The van der Waals surface area contributed by atoms with E-state index >= 15 is 0 Å². The highest BCUT2D eigenvalue weighted by atomic mass is 32.1. The van der Waals surface area contributed by atoms with Crippen LogP contribution in [-0.4, -0.2) is 42.0 Å². The van der Waals surface area contributed by atoms with Gasteiger partial charge in [-0.15, -0.1) is 0 Å². The van der Waals surface area contributed by atoms with Gasteiger partial charge in [-0.3, -0.25) is 9.69 Å². The number of aryl methyl sites for hydroxylation is 2. The van der Waals surface area contributed by atoms with Crippen LogP contribution < -0.4 is 4.90 Å². The van der Waals surface area contributed by atoms with Gasteiger partial charge in [0, 0.05) is 19.2 Å². The van der Waals surface area contributed by atoms with Gasteiger partial charge in [-0.25, -0.2) is 4.98 Å². The summed E-state index contributed by atoms with van der Waals surface area (Å²) in [7, 11) is 0. The van der Waals surface area contributed by atoms with E-state index in [-0.39, 0.29) is 5.91 Å². The van der Waals surface area contributed by atoms with Crippen LogP contribution in [0.5, 0.6) is 0 Å². The van der Waals surface area contributed by atoms with E-state index in [0.717, 1.165) is 46.1 Å². The maximum absolute atomic E-state index is 13.1. The Hall–Kier alpha value is -2.50. The minimum atomic E-state index is -0.0329. The second-order valence-electron chi connectivity index (χ2n) is 7.19. The lowest BCUT2D eigenvalue weighted by Gasteiger charge is -2.23. The van der Waals surface area contributed by atoms with Gasteiger partial charge in [0.15, 0.2) is 5.13 Å². The summed E-state index contributed by atoms with van der Waals surface area (Å²) >= 11 is 1.59. The molecule has 3 rings (SSSR count). The number of hydrogen-bond donors (Lipinski definition) is 0. The van der Waals surface area contributed by atoms with Crippen LogP contribution in [-0.2, 0) is 4.79 Å². The molecule has 4 nitrogen and oxygen atoms in total. The molecule has 0 unspecified atom stereocenters. The maximum atomic E-state index is 13.1. The van der Waals surface area contributed by atoms with Crippen LogP contribution in [0.4, 0.5) is 5.13 Å². The number of amides is 1. The Bertz CT molecular complexity index is 990. The van der Waals surface area contributed by atoms with E-state index in [0.29, 0.717) is 6.54 Å². The van der Waals surface area contributed by atoms with Gasteiger partial charge in [0.2, 0.25) is 0 Å². The highest BCUT2D eigenvalue weighted by Gasteiger charge is 2.19. The Morgan fingerprint density at radius 2 is 1.79 bits per heavy atom. The van der Waals surface area contributed by atoms with Crippen molar-refractivity contribution in [2.75, 3.05) is 31.1 Å². The molecular weight excluding hydrogens is 378 g/mol. The number of rotatable bonds is 8. The summed E-state index contributed by atoms with van der Waals surface area (Å²) in [5.74, 6) is -0.0329. The number of carbonyl (C=O) groups is 1. The lowest BCUT2D eigenvalue weighted by molar-refractivity contribution is -0.114. The molecule has 29 heavy (non-hydrogen) atoms. The van der Waals surface area contributed by atoms with Gasteiger partial charge in [0.1, 0.15) is 0 Å². The van der Waals surface area contributed by atoms with Crippen LogP contribution in [0.1, 0.15) is 30.5 Å². The third-order valence-corrected chi connectivity index (χ3v) is 6.09. The van der Waals surface area contributed by atoms with Crippen LogP contribution in [0.2, 0.25) is 0 Å². The molecule has 0 spiro atoms. The first-order valence-corrected chi connectivity index (χ1v) is 11.0. The lowest BCUT2D eigenvalue weighted by atomic mass is 10.1. The van der Waals surface area contributed by atoms with Crippen molar-refractivity contribution in [2.45, 2.75) is 27.7 Å². The summed E-state index contributed by atoms with van der Waals surface area (Å²) < 4.78 is 1.13. The summed E-state index contributed by atoms with van der Waals surface area (Å²) in [6.45, 7) is 11.9. The minimum absolute atomic E-state index is 0.0329. The molecule has 0 bridgehead atoms. The fourth-order valence-corrected chi connectivity index (χ4v) is 4.55. The quantitative estimate of drug-likeness (QED) is 0.475. The van der Waals surface area contributed by atoms with Crippen LogP contribution in [0.15, 0.2) is 48.5 Å². The topological polar surface area (TPSA) is 36.4 Å². The van der Waals surface area contributed by atoms with Gasteiger partial charge in [0.25, 0.3) is 5.91 Å². The largest absolute Gasteiger partial charge is 0.302 e. The van der Waals surface area contributed by atoms with Gasteiger partial charge < -0.3 is 4.90 Å². The number of carbonyl (C=O) groups excluding carboxylic acids is 1. The Morgan fingerprint density at radius 3 is 2.48 bits per heavy atom. The second-order valence-corrected chi connectivity index (χ2v) is 8.19. The first-order valence-electron chi connectivity index (χ1n) is 10.2. The van der Waals surface area contributed by atoms with E-state index in [1.807, 2.05) is 41.3 Å². The van der Waals surface area contributed by atoms with Crippen molar-refractivity contribution >= 4 is 38.7 Å². The molecule has 0 fully saturated rings. The summed E-state index contributed by atoms with van der Waals surface area (Å²) in [4.78, 5) is 22.1. The molecule has 0 N–H and O–H groups in total. The molecule has 1 amide bonds. The van der Waals surface area contributed by atoms with Gasteiger partial charge in [0.05, 0.1) is 10.2 Å². The molecule has 2 aromatic carbocycles. The molecule has 1 aromatic heterocycles. The van der Waals surface area contributed by atoms with Gasteiger partial charge in [-0.05, 0) is 55.8 Å². The second kappa shape index (κ2) is 9.81. The fraction of sp³-hybridized carbons (Fsp3) is 0.333. The van der Waals surface area contributed by atoms with Crippen LogP contribution in [0.3, 0.4) is 0 Å². The standard InChI is InChI=1S/C24H29N3OS/c1-5-26(6-2)14-15-27(22(28)13-12-20-10-8-7-9-11-20)24-25-23-19(4)16-18(3)17-21(23)29-24/h7-13,16-17H,5-6,14-15H2,1-4H3/b13-12+. The Labute approximate surface area is 177 Å². The normalized spacial score (nSPS) is 11.6. The number of nitrogens with zero attached hydrogens (tertiary/aromatic N) is 3. The smallest absolute Gasteiger partial charge is 0.252 e. The summed E-state index contributed by atoms with van der Waals surface area (Å²) in [5.41, 5.74) is 4.37. The zero-order valence-electron chi connectivity index (χ0n) is 17.7. The highest BCUT2D eigenvalue weighted by molar-refractivity contribution is 7.22. The number of hydrogen-bond acceptors (Lipinski definition) is 4. The number of thiazole rings is 1.